The average Bonchev–Trinajstić information content (AvgIpc) is 3.16. The number of carbonyl (C=O) groups is 1. The van der Waals surface area contributed by atoms with Crippen LogP contribution in [0.15, 0.2) is 12.3 Å². The number of hydrogen-bond donors (Lipinski definition) is 0. The number of rotatable bonds is 2. The Morgan fingerprint density at radius 2 is 2.32 bits per heavy atom. The summed E-state index contributed by atoms with van der Waals surface area (Å²) in [6.07, 6.45) is 4.85. The van der Waals surface area contributed by atoms with Crippen LogP contribution in [0.4, 0.5) is 0 Å². The fourth-order valence-electron chi connectivity index (χ4n) is 3.77. The van der Waals surface area contributed by atoms with Crippen LogP contribution in [0.25, 0.3) is 10.6 Å². The van der Waals surface area contributed by atoms with Gasteiger partial charge in [-0.1, -0.05) is 6.92 Å². The molecule has 4 rings (SSSR count). The van der Waals surface area contributed by atoms with Gasteiger partial charge in [-0.05, 0) is 49.4 Å². The number of halogens is 1. The van der Waals surface area contributed by atoms with Crippen molar-refractivity contribution < 1.29 is 4.79 Å². The molecule has 114 valence electrons. The summed E-state index contributed by atoms with van der Waals surface area (Å²) >= 11 is 7.63. The highest BCUT2D eigenvalue weighted by atomic mass is 35.5. The van der Waals surface area contributed by atoms with E-state index in [-0.39, 0.29) is 16.7 Å². The molecule has 0 aromatic carbocycles. The van der Waals surface area contributed by atoms with E-state index < -0.39 is 0 Å². The van der Waals surface area contributed by atoms with Gasteiger partial charge in [0.2, 0.25) is 5.28 Å². The van der Waals surface area contributed by atoms with E-state index in [9.17, 15) is 4.79 Å². The monoisotopic (exact) mass is 333 g/mol. The second kappa shape index (κ2) is 4.77. The topological polar surface area (TPSA) is 46.1 Å². The van der Waals surface area contributed by atoms with Crippen LogP contribution in [0.1, 0.15) is 47.0 Å². The highest BCUT2D eigenvalue weighted by Crippen LogP contribution is 2.53. The molecule has 0 radical (unpaired) electrons. The van der Waals surface area contributed by atoms with Crippen molar-refractivity contribution in [1.82, 2.24) is 14.9 Å². The van der Waals surface area contributed by atoms with Crippen molar-refractivity contribution in [2.45, 2.75) is 38.6 Å². The van der Waals surface area contributed by atoms with E-state index in [0.29, 0.717) is 0 Å². The van der Waals surface area contributed by atoms with Crippen molar-refractivity contribution in [3.63, 3.8) is 0 Å². The van der Waals surface area contributed by atoms with Crippen molar-refractivity contribution in [2.24, 2.45) is 0 Å². The Bertz CT molecular complexity index is 788. The van der Waals surface area contributed by atoms with Gasteiger partial charge in [0.05, 0.1) is 21.7 Å². The summed E-state index contributed by atoms with van der Waals surface area (Å²) in [5, 5.41) is 0.244. The fourth-order valence-corrected chi connectivity index (χ4v) is 5.40. The minimum atomic E-state index is -0.0833. The third-order valence-electron chi connectivity index (χ3n) is 4.88. The predicted octanol–water partition coefficient (Wildman–Crippen LogP) is 4.02. The maximum absolute atomic E-state index is 12.7. The standard InChI is InChI=1S/C16H16ClN3OS/c1-3-16-5-4-6-20(16)14(21)10-7-11(22-13(10)16)12-9(2)8-18-15(17)19-12/h7-8H,3-6H2,1-2H3. The van der Waals surface area contributed by atoms with Gasteiger partial charge in [-0.15, -0.1) is 11.3 Å². The molecule has 2 aromatic heterocycles. The highest BCUT2D eigenvalue weighted by molar-refractivity contribution is 7.16. The first-order chi connectivity index (χ1) is 10.6. The number of aryl methyl sites for hydroxylation is 1. The summed E-state index contributed by atoms with van der Waals surface area (Å²) in [5.41, 5.74) is 2.59. The van der Waals surface area contributed by atoms with E-state index in [1.165, 1.54) is 4.88 Å². The summed E-state index contributed by atoms with van der Waals surface area (Å²) in [7, 11) is 0. The van der Waals surface area contributed by atoms with Gasteiger partial charge in [0.25, 0.3) is 5.91 Å². The minimum Gasteiger partial charge on any atom is -0.328 e. The summed E-state index contributed by atoms with van der Waals surface area (Å²) in [6.45, 7) is 5.02. The molecule has 2 aliphatic rings. The Hall–Kier alpha value is -1.46. The van der Waals surface area contributed by atoms with Gasteiger partial charge in [0.15, 0.2) is 0 Å². The lowest BCUT2D eigenvalue weighted by atomic mass is 9.92. The first kappa shape index (κ1) is 14.2. The van der Waals surface area contributed by atoms with Gasteiger partial charge >= 0.3 is 0 Å². The van der Waals surface area contributed by atoms with E-state index in [1.807, 2.05) is 13.0 Å². The van der Waals surface area contributed by atoms with Crippen molar-refractivity contribution in [2.75, 3.05) is 6.54 Å². The third kappa shape index (κ3) is 1.72. The molecule has 0 saturated carbocycles. The Morgan fingerprint density at radius 3 is 3.09 bits per heavy atom. The zero-order chi connectivity index (χ0) is 15.5. The van der Waals surface area contributed by atoms with E-state index in [0.717, 1.165) is 47.5 Å². The average molecular weight is 334 g/mol. The SMILES string of the molecule is CCC12CCCN1C(=O)c1cc(-c3nc(Cl)ncc3C)sc12. The lowest BCUT2D eigenvalue weighted by Gasteiger charge is -2.31. The van der Waals surface area contributed by atoms with E-state index in [4.69, 9.17) is 11.6 Å². The summed E-state index contributed by atoms with van der Waals surface area (Å²) in [5.74, 6) is 0.176. The molecule has 22 heavy (non-hydrogen) atoms. The number of hydrogen-bond acceptors (Lipinski definition) is 4. The second-order valence-electron chi connectivity index (χ2n) is 5.97. The van der Waals surface area contributed by atoms with E-state index >= 15 is 0 Å². The molecule has 1 saturated heterocycles. The quantitative estimate of drug-likeness (QED) is 0.780. The molecule has 0 bridgehead atoms. The molecule has 1 atom stereocenters. The number of carbonyl (C=O) groups excluding carboxylic acids is 1. The fraction of sp³-hybridized carbons (Fsp3) is 0.438. The first-order valence-corrected chi connectivity index (χ1v) is 8.72. The molecule has 0 aliphatic carbocycles. The maximum atomic E-state index is 12.7. The Balaban J connectivity index is 1.88. The third-order valence-corrected chi connectivity index (χ3v) is 6.40. The lowest BCUT2D eigenvalue weighted by molar-refractivity contribution is 0.0656. The number of amides is 1. The van der Waals surface area contributed by atoms with Gasteiger partial charge in [-0.25, -0.2) is 9.97 Å². The summed E-state index contributed by atoms with van der Waals surface area (Å²) in [4.78, 5) is 25.4. The van der Waals surface area contributed by atoms with Crippen molar-refractivity contribution >= 4 is 28.8 Å². The zero-order valence-corrected chi connectivity index (χ0v) is 14.1. The van der Waals surface area contributed by atoms with Crippen LogP contribution < -0.4 is 0 Å². The molecule has 1 unspecified atom stereocenters. The van der Waals surface area contributed by atoms with Gasteiger partial charge in [0.1, 0.15) is 0 Å². The minimum absolute atomic E-state index is 0.0833. The molecule has 2 aliphatic heterocycles. The summed E-state index contributed by atoms with van der Waals surface area (Å²) < 4.78 is 0. The van der Waals surface area contributed by atoms with Crippen LogP contribution in [-0.2, 0) is 5.54 Å². The molecular weight excluding hydrogens is 318 g/mol. The normalized spacial score (nSPS) is 23.0. The van der Waals surface area contributed by atoms with Crippen LogP contribution in [-0.4, -0.2) is 27.3 Å². The number of aromatic nitrogens is 2. The number of fused-ring (bicyclic) bond motifs is 3. The molecular formula is C16H16ClN3OS. The Morgan fingerprint density at radius 1 is 1.50 bits per heavy atom. The number of thiophene rings is 1. The molecule has 6 heteroatoms. The van der Waals surface area contributed by atoms with Gasteiger partial charge < -0.3 is 4.90 Å². The number of nitrogens with zero attached hydrogens (tertiary/aromatic N) is 3. The van der Waals surface area contributed by atoms with Crippen molar-refractivity contribution in [3.8, 4) is 10.6 Å². The van der Waals surface area contributed by atoms with E-state index in [2.05, 4.69) is 21.8 Å². The van der Waals surface area contributed by atoms with Crippen LogP contribution in [0.3, 0.4) is 0 Å². The molecule has 1 amide bonds. The largest absolute Gasteiger partial charge is 0.328 e. The van der Waals surface area contributed by atoms with Crippen LogP contribution >= 0.6 is 22.9 Å². The van der Waals surface area contributed by atoms with Crippen LogP contribution in [0.2, 0.25) is 5.28 Å². The van der Waals surface area contributed by atoms with Crippen molar-refractivity contribution in [1.29, 1.82) is 0 Å². The first-order valence-electron chi connectivity index (χ1n) is 7.52. The van der Waals surface area contributed by atoms with Gasteiger partial charge in [0, 0.05) is 17.6 Å². The molecule has 4 nitrogen and oxygen atoms in total. The molecule has 2 aromatic rings. The lowest BCUT2D eigenvalue weighted by Crippen LogP contribution is -2.37. The Kier molecular flexibility index (Phi) is 3.07. The van der Waals surface area contributed by atoms with E-state index in [1.54, 1.807) is 17.5 Å². The smallest absolute Gasteiger partial charge is 0.255 e. The molecule has 4 heterocycles. The van der Waals surface area contributed by atoms with Crippen LogP contribution in [0.5, 0.6) is 0 Å². The molecule has 0 N–H and O–H groups in total. The molecule has 0 spiro atoms. The van der Waals surface area contributed by atoms with Gasteiger partial charge in [-0.3, -0.25) is 4.79 Å². The Labute approximate surface area is 138 Å². The summed E-state index contributed by atoms with van der Waals surface area (Å²) in [6, 6.07) is 1.99. The molecule has 1 fully saturated rings. The van der Waals surface area contributed by atoms with Crippen molar-refractivity contribution in [3.05, 3.63) is 33.6 Å². The zero-order valence-electron chi connectivity index (χ0n) is 12.5. The highest BCUT2D eigenvalue weighted by Gasteiger charge is 2.52. The predicted molar refractivity (Wildman–Crippen MR) is 87.3 cm³/mol. The second-order valence-corrected chi connectivity index (χ2v) is 7.36. The van der Waals surface area contributed by atoms with Gasteiger partial charge in [-0.2, -0.15) is 0 Å². The van der Waals surface area contributed by atoms with Crippen LogP contribution in [0, 0.1) is 6.92 Å². The maximum Gasteiger partial charge on any atom is 0.255 e.